The average molecular weight is 364 g/mol. The number of hydrogen-bond acceptors (Lipinski definition) is 5. The van der Waals surface area contributed by atoms with Gasteiger partial charge in [-0.2, -0.15) is 0 Å². The molecule has 0 bridgehead atoms. The molecule has 0 atom stereocenters. The van der Waals surface area contributed by atoms with Crippen molar-refractivity contribution in [3.8, 4) is 0 Å². The molecule has 0 spiro atoms. The van der Waals surface area contributed by atoms with Crippen LogP contribution in [-0.2, 0) is 14.1 Å². The number of carbonyl (C=O) groups excluding carboxylic acids is 2. The fraction of sp³-hybridized carbons (Fsp3) is 0.444. The summed E-state index contributed by atoms with van der Waals surface area (Å²) in [6.07, 6.45) is 2.22. The third kappa shape index (κ3) is 4.60. The van der Waals surface area contributed by atoms with Crippen LogP contribution < -0.4 is 0 Å². The topological polar surface area (TPSA) is 52.6 Å². The summed E-state index contributed by atoms with van der Waals surface area (Å²) in [5.41, 5.74) is 0.302. The second-order valence-electron chi connectivity index (χ2n) is 6.99. The first kappa shape index (κ1) is 19.9. The Labute approximate surface area is 152 Å². The van der Waals surface area contributed by atoms with Gasteiger partial charge in [0.05, 0.1) is 16.8 Å². The Morgan fingerprint density at radius 3 is 2.32 bits per heavy atom. The first-order chi connectivity index (χ1) is 11.6. The highest BCUT2D eigenvalue weighted by Crippen LogP contribution is 2.39. The van der Waals surface area contributed by atoms with E-state index in [1.54, 1.807) is 12.1 Å². The van der Waals surface area contributed by atoms with Gasteiger partial charge in [0.25, 0.3) is 0 Å². The van der Waals surface area contributed by atoms with Gasteiger partial charge in [-0.15, -0.1) is 0 Å². The predicted octanol–water partition coefficient (Wildman–Crippen LogP) is 3.93. The van der Waals surface area contributed by atoms with Crippen LogP contribution in [0.3, 0.4) is 0 Å². The zero-order valence-electron chi connectivity index (χ0n) is 15.1. The third-order valence-electron chi connectivity index (χ3n) is 4.50. The van der Waals surface area contributed by atoms with Crippen LogP contribution in [0.5, 0.6) is 0 Å². The third-order valence-corrected chi connectivity index (χ3v) is 5.39. The van der Waals surface area contributed by atoms with Gasteiger partial charge in [-0.3, -0.25) is 9.59 Å². The molecule has 0 radical (unpaired) electrons. The molecule has 7 heteroatoms. The molecule has 1 aliphatic rings. The van der Waals surface area contributed by atoms with Crippen LogP contribution in [0.4, 0.5) is 4.39 Å². The Kier molecular flexibility index (Phi) is 5.91. The highest BCUT2D eigenvalue weighted by molar-refractivity contribution is 8.13. The van der Waals surface area contributed by atoms with E-state index >= 15 is 0 Å². The minimum atomic E-state index is -0.620. The monoisotopic (exact) mass is 364 g/mol. The van der Waals surface area contributed by atoms with Crippen molar-refractivity contribution in [2.75, 3.05) is 5.75 Å². The summed E-state index contributed by atoms with van der Waals surface area (Å²) in [6, 6.07) is 4.36. The Balaban J connectivity index is 2.34. The van der Waals surface area contributed by atoms with Crippen molar-refractivity contribution in [3.05, 3.63) is 40.6 Å². The number of benzene rings is 1. The van der Waals surface area contributed by atoms with Gasteiger partial charge in [-0.25, -0.2) is 4.39 Å². The maximum absolute atomic E-state index is 13.9. The van der Waals surface area contributed by atoms with Gasteiger partial charge in [0.2, 0.25) is 0 Å². The van der Waals surface area contributed by atoms with Gasteiger partial charge in [0.1, 0.15) is 5.82 Å². The van der Waals surface area contributed by atoms with Crippen molar-refractivity contribution in [2.24, 2.45) is 0 Å². The van der Waals surface area contributed by atoms with E-state index in [1.165, 1.54) is 19.1 Å². The number of thioether (sulfide) groups is 1. The quantitative estimate of drug-likeness (QED) is 0.585. The fourth-order valence-electron chi connectivity index (χ4n) is 2.30. The van der Waals surface area contributed by atoms with E-state index in [9.17, 15) is 14.0 Å². The van der Waals surface area contributed by atoms with Crippen molar-refractivity contribution in [3.63, 3.8) is 0 Å². The van der Waals surface area contributed by atoms with E-state index in [1.807, 2.05) is 27.7 Å². The van der Waals surface area contributed by atoms with Crippen molar-refractivity contribution >= 4 is 36.4 Å². The maximum Gasteiger partial charge on any atom is 0.491 e. The largest absolute Gasteiger partial charge is 0.491 e. The zero-order chi connectivity index (χ0) is 18.8. The summed E-state index contributed by atoms with van der Waals surface area (Å²) < 4.78 is 25.9. The zero-order valence-corrected chi connectivity index (χ0v) is 15.9. The lowest BCUT2D eigenvalue weighted by molar-refractivity contribution is -0.109. The Morgan fingerprint density at radius 2 is 1.84 bits per heavy atom. The molecule has 134 valence electrons. The van der Waals surface area contributed by atoms with Gasteiger partial charge in [-0.1, -0.05) is 23.9 Å². The Morgan fingerprint density at radius 1 is 1.24 bits per heavy atom. The average Bonchev–Trinajstić information content (AvgIpc) is 2.71. The fourth-order valence-corrected chi connectivity index (χ4v) is 2.89. The van der Waals surface area contributed by atoms with Crippen molar-refractivity contribution in [1.82, 2.24) is 0 Å². The minimum Gasteiger partial charge on any atom is -0.400 e. The lowest BCUT2D eigenvalue weighted by atomic mass is 9.78. The number of carbonyl (C=O) groups is 2. The van der Waals surface area contributed by atoms with Crippen LogP contribution in [0.25, 0.3) is 6.08 Å². The van der Waals surface area contributed by atoms with Crippen LogP contribution in [0.2, 0.25) is 0 Å². The molecule has 0 aromatic heterocycles. The molecule has 0 saturated carbocycles. The van der Waals surface area contributed by atoms with E-state index < -0.39 is 24.1 Å². The molecule has 1 aliphatic heterocycles. The van der Waals surface area contributed by atoms with Crippen molar-refractivity contribution in [2.45, 2.75) is 45.8 Å². The molecule has 0 N–H and O–H groups in total. The Hall–Kier alpha value is -1.44. The summed E-state index contributed by atoms with van der Waals surface area (Å²) in [6.45, 7) is 9.27. The normalized spacial score (nSPS) is 19.1. The van der Waals surface area contributed by atoms with Crippen LogP contribution in [0.15, 0.2) is 23.7 Å². The molecule has 2 rings (SSSR count). The van der Waals surface area contributed by atoms with Gasteiger partial charge in [-0.05, 0) is 50.9 Å². The summed E-state index contributed by atoms with van der Waals surface area (Å²) in [4.78, 5) is 22.1. The second kappa shape index (κ2) is 7.44. The summed E-state index contributed by atoms with van der Waals surface area (Å²) in [7, 11) is -0.620. The number of halogens is 1. The molecule has 1 heterocycles. The van der Waals surface area contributed by atoms with Crippen molar-refractivity contribution in [1.29, 1.82) is 0 Å². The van der Waals surface area contributed by atoms with Crippen LogP contribution in [0, 0.1) is 5.82 Å². The van der Waals surface area contributed by atoms with E-state index in [0.29, 0.717) is 17.6 Å². The van der Waals surface area contributed by atoms with Crippen molar-refractivity contribution < 1.29 is 23.3 Å². The van der Waals surface area contributed by atoms with Gasteiger partial charge in [0, 0.05) is 12.7 Å². The highest BCUT2D eigenvalue weighted by atomic mass is 32.2. The van der Waals surface area contributed by atoms with Crippen LogP contribution in [0.1, 0.15) is 50.5 Å². The van der Waals surface area contributed by atoms with E-state index in [2.05, 4.69) is 0 Å². The number of aldehydes is 1. The van der Waals surface area contributed by atoms with Gasteiger partial charge < -0.3 is 9.31 Å². The molecule has 1 aromatic rings. The number of rotatable bonds is 5. The lowest BCUT2D eigenvalue weighted by Crippen LogP contribution is -2.41. The highest BCUT2D eigenvalue weighted by Gasteiger charge is 2.52. The standard InChI is InChI=1S/C18H22BFO4S/c1-12(22)25-11-15(19-23-17(2,3)18(4,5)24-19)8-13-6-7-14(10-21)16(20)9-13/h6-10H,11H2,1-5H3. The predicted molar refractivity (Wildman–Crippen MR) is 99.0 cm³/mol. The summed E-state index contributed by atoms with van der Waals surface area (Å²) >= 11 is 1.14. The van der Waals surface area contributed by atoms with Crippen LogP contribution in [-0.4, -0.2) is 35.5 Å². The molecule has 0 amide bonds. The molecule has 0 aliphatic carbocycles. The van der Waals surface area contributed by atoms with Gasteiger partial charge in [0.15, 0.2) is 11.4 Å². The molecule has 25 heavy (non-hydrogen) atoms. The molecule has 4 nitrogen and oxygen atoms in total. The molecule has 1 saturated heterocycles. The smallest absolute Gasteiger partial charge is 0.400 e. The minimum absolute atomic E-state index is 0.00689. The molecule has 0 unspecified atom stereocenters. The Bertz CT molecular complexity index is 699. The maximum atomic E-state index is 13.9. The van der Waals surface area contributed by atoms with E-state index in [0.717, 1.165) is 17.2 Å². The summed E-state index contributed by atoms with van der Waals surface area (Å²) in [5.74, 6) is -0.209. The first-order valence-corrected chi connectivity index (χ1v) is 8.98. The molecular formula is C18H22BFO4S. The first-order valence-electron chi connectivity index (χ1n) is 8.00. The summed E-state index contributed by atoms with van der Waals surface area (Å²) in [5, 5.41) is -0.0232. The molecular weight excluding hydrogens is 342 g/mol. The second-order valence-corrected chi connectivity index (χ2v) is 8.14. The van der Waals surface area contributed by atoms with Crippen LogP contribution >= 0.6 is 11.8 Å². The van der Waals surface area contributed by atoms with Gasteiger partial charge >= 0.3 is 7.12 Å². The number of hydrogen-bond donors (Lipinski definition) is 0. The SMILES string of the molecule is CC(=O)SCC(=Cc1ccc(C=O)c(F)c1)B1OC(C)(C)C(C)(C)O1. The molecule has 1 fully saturated rings. The molecule has 1 aromatic carbocycles. The lowest BCUT2D eigenvalue weighted by Gasteiger charge is -2.32. The van der Waals surface area contributed by atoms with E-state index in [-0.39, 0.29) is 10.7 Å². The van der Waals surface area contributed by atoms with E-state index in [4.69, 9.17) is 9.31 Å².